The number of rotatable bonds is 4. The van der Waals surface area contributed by atoms with Crippen LogP contribution in [0.15, 0.2) is 22.7 Å². The Bertz CT molecular complexity index is 627. The molecule has 19 heavy (non-hydrogen) atoms. The largest absolute Gasteiger partial charge is 0.496 e. The Balaban J connectivity index is 2.24. The Morgan fingerprint density at radius 3 is 2.79 bits per heavy atom. The summed E-state index contributed by atoms with van der Waals surface area (Å²) in [4.78, 5) is 15.6. The number of aromatic nitrogens is 1. The molecule has 0 amide bonds. The smallest absolute Gasteiger partial charge is 0.355 e. The number of carbonyl (C=O) groups is 1. The molecule has 0 radical (unpaired) electrons. The van der Waals surface area contributed by atoms with Crippen LogP contribution in [0.25, 0.3) is 0 Å². The lowest BCUT2D eigenvalue weighted by atomic mass is 10.3. The molecule has 2 N–H and O–H groups in total. The van der Waals surface area contributed by atoms with Gasteiger partial charge in [0, 0.05) is 10.6 Å². The van der Waals surface area contributed by atoms with Crippen molar-refractivity contribution < 1.29 is 14.6 Å². The SMILES string of the molecule is COc1ccc(Nc2nc(C(=O)O)c(C)s2)cc1Br. The summed E-state index contributed by atoms with van der Waals surface area (Å²) in [5.41, 5.74) is 0.887. The second kappa shape index (κ2) is 5.58. The van der Waals surface area contributed by atoms with E-state index in [0.717, 1.165) is 15.9 Å². The molecule has 2 rings (SSSR count). The van der Waals surface area contributed by atoms with Crippen molar-refractivity contribution in [3.63, 3.8) is 0 Å². The first kappa shape index (κ1) is 13.8. The van der Waals surface area contributed by atoms with E-state index in [2.05, 4.69) is 26.2 Å². The van der Waals surface area contributed by atoms with Crippen LogP contribution in [-0.4, -0.2) is 23.2 Å². The predicted molar refractivity (Wildman–Crippen MR) is 77.8 cm³/mol. The summed E-state index contributed by atoms with van der Waals surface area (Å²) in [5.74, 6) is -0.287. The average Bonchev–Trinajstić information content (AvgIpc) is 2.70. The molecular weight excluding hydrogens is 332 g/mol. The van der Waals surface area contributed by atoms with Crippen molar-refractivity contribution in [2.75, 3.05) is 12.4 Å². The third kappa shape index (κ3) is 3.05. The molecule has 0 fully saturated rings. The quantitative estimate of drug-likeness (QED) is 0.886. The highest BCUT2D eigenvalue weighted by Crippen LogP contribution is 2.31. The minimum absolute atomic E-state index is 0.0834. The molecule has 0 saturated carbocycles. The molecule has 0 unspecified atom stereocenters. The number of aryl methyl sites for hydroxylation is 1. The van der Waals surface area contributed by atoms with E-state index in [1.807, 2.05) is 18.2 Å². The van der Waals surface area contributed by atoms with E-state index in [1.54, 1.807) is 14.0 Å². The maximum Gasteiger partial charge on any atom is 0.355 e. The zero-order valence-corrected chi connectivity index (χ0v) is 12.6. The van der Waals surface area contributed by atoms with E-state index in [0.29, 0.717) is 10.0 Å². The fourth-order valence-electron chi connectivity index (χ4n) is 1.52. The third-order valence-electron chi connectivity index (χ3n) is 2.40. The molecule has 1 aromatic heterocycles. The molecule has 1 heterocycles. The number of hydrogen-bond donors (Lipinski definition) is 2. The predicted octanol–water partition coefficient (Wildman–Crippen LogP) is 3.66. The number of halogens is 1. The fraction of sp³-hybridized carbons (Fsp3) is 0.167. The number of benzene rings is 1. The van der Waals surface area contributed by atoms with E-state index >= 15 is 0 Å². The van der Waals surface area contributed by atoms with Gasteiger partial charge in [-0.3, -0.25) is 0 Å². The molecule has 100 valence electrons. The number of hydrogen-bond acceptors (Lipinski definition) is 5. The van der Waals surface area contributed by atoms with Gasteiger partial charge in [-0.05, 0) is 41.1 Å². The van der Waals surface area contributed by atoms with Gasteiger partial charge in [0.1, 0.15) is 5.75 Å². The molecule has 5 nitrogen and oxygen atoms in total. The van der Waals surface area contributed by atoms with Gasteiger partial charge in [-0.15, -0.1) is 11.3 Å². The van der Waals surface area contributed by atoms with Gasteiger partial charge in [-0.25, -0.2) is 9.78 Å². The van der Waals surface area contributed by atoms with Crippen molar-refractivity contribution in [2.45, 2.75) is 6.92 Å². The van der Waals surface area contributed by atoms with Crippen molar-refractivity contribution in [1.29, 1.82) is 0 Å². The molecule has 0 spiro atoms. The first-order chi connectivity index (χ1) is 9.01. The number of nitrogens with one attached hydrogen (secondary N) is 1. The van der Waals surface area contributed by atoms with Gasteiger partial charge in [0.15, 0.2) is 10.8 Å². The number of carboxylic acid groups (broad SMARTS) is 1. The summed E-state index contributed by atoms with van der Waals surface area (Å²) >= 11 is 4.69. The van der Waals surface area contributed by atoms with E-state index in [1.165, 1.54) is 11.3 Å². The summed E-state index contributed by atoms with van der Waals surface area (Å²) in [6.45, 7) is 1.73. The lowest BCUT2D eigenvalue weighted by Crippen LogP contribution is -1.99. The van der Waals surface area contributed by atoms with E-state index < -0.39 is 5.97 Å². The Morgan fingerprint density at radius 1 is 1.53 bits per heavy atom. The lowest BCUT2D eigenvalue weighted by Gasteiger charge is -2.06. The summed E-state index contributed by atoms with van der Waals surface area (Å²) in [5, 5.41) is 12.6. The maximum atomic E-state index is 10.9. The van der Waals surface area contributed by atoms with E-state index in [9.17, 15) is 4.79 Å². The minimum Gasteiger partial charge on any atom is -0.496 e. The number of aromatic carboxylic acids is 1. The van der Waals surface area contributed by atoms with Crippen LogP contribution in [0.2, 0.25) is 0 Å². The second-order valence-electron chi connectivity index (χ2n) is 3.70. The van der Waals surface area contributed by atoms with Crippen molar-refractivity contribution >= 4 is 44.1 Å². The normalized spacial score (nSPS) is 10.3. The van der Waals surface area contributed by atoms with Gasteiger partial charge >= 0.3 is 5.97 Å². The number of nitrogens with zero attached hydrogens (tertiary/aromatic N) is 1. The average molecular weight is 343 g/mol. The number of carboxylic acids is 1. The number of anilines is 2. The van der Waals surface area contributed by atoms with Crippen molar-refractivity contribution in [1.82, 2.24) is 4.98 Å². The molecule has 0 aliphatic heterocycles. The van der Waals surface area contributed by atoms with Crippen molar-refractivity contribution in [2.24, 2.45) is 0 Å². The van der Waals surface area contributed by atoms with E-state index in [4.69, 9.17) is 9.84 Å². The van der Waals surface area contributed by atoms with Crippen LogP contribution < -0.4 is 10.1 Å². The number of methoxy groups -OCH3 is 1. The fourth-order valence-corrected chi connectivity index (χ4v) is 2.88. The zero-order valence-electron chi connectivity index (χ0n) is 10.2. The lowest BCUT2D eigenvalue weighted by molar-refractivity contribution is 0.0690. The van der Waals surface area contributed by atoms with Crippen LogP contribution >= 0.6 is 27.3 Å². The van der Waals surface area contributed by atoms with Gasteiger partial charge in [-0.2, -0.15) is 0 Å². The highest BCUT2D eigenvalue weighted by molar-refractivity contribution is 9.10. The molecule has 0 bridgehead atoms. The first-order valence-electron chi connectivity index (χ1n) is 5.32. The topological polar surface area (TPSA) is 71.5 Å². The minimum atomic E-state index is -1.02. The Morgan fingerprint density at radius 2 is 2.26 bits per heavy atom. The molecule has 1 aromatic carbocycles. The molecule has 2 aromatic rings. The van der Waals surface area contributed by atoms with Crippen LogP contribution in [-0.2, 0) is 0 Å². The summed E-state index contributed by atoms with van der Waals surface area (Å²) in [7, 11) is 1.59. The first-order valence-corrected chi connectivity index (χ1v) is 6.93. The molecular formula is C12H11BrN2O3S. The third-order valence-corrected chi connectivity index (χ3v) is 3.91. The van der Waals surface area contributed by atoms with E-state index in [-0.39, 0.29) is 5.69 Å². The molecule has 0 aliphatic rings. The Hall–Kier alpha value is -1.60. The van der Waals surface area contributed by atoms with Crippen molar-refractivity contribution in [3.8, 4) is 5.75 Å². The van der Waals surface area contributed by atoms with Gasteiger partial charge in [0.25, 0.3) is 0 Å². The Kier molecular flexibility index (Phi) is 4.06. The molecule has 0 saturated heterocycles. The van der Waals surface area contributed by atoms with Crippen LogP contribution in [0.5, 0.6) is 5.75 Å². The highest BCUT2D eigenvalue weighted by atomic mass is 79.9. The molecule has 0 aliphatic carbocycles. The van der Waals surface area contributed by atoms with Crippen LogP contribution in [0.4, 0.5) is 10.8 Å². The van der Waals surface area contributed by atoms with Gasteiger partial charge in [0.05, 0.1) is 11.6 Å². The van der Waals surface area contributed by atoms with Crippen molar-refractivity contribution in [3.05, 3.63) is 33.2 Å². The summed E-state index contributed by atoms with van der Waals surface area (Å²) in [6.07, 6.45) is 0. The van der Waals surface area contributed by atoms with Crippen LogP contribution in [0.1, 0.15) is 15.4 Å². The van der Waals surface area contributed by atoms with Gasteiger partial charge in [-0.1, -0.05) is 0 Å². The van der Waals surface area contributed by atoms with Crippen LogP contribution in [0, 0.1) is 6.92 Å². The van der Waals surface area contributed by atoms with Crippen LogP contribution in [0.3, 0.4) is 0 Å². The van der Waals surface area contributed by atoms with Gasteiger partial charge < -0.3 is 15.2 Å². The molecule has 7 heteroatoms. The Labute approximate surface area is 122 Å². The monoisotopic (exact) mass is 342 g/mol. The number of ether oxygens (including phenoxy) is 1. The zero-order chi connectivity index (χ0) is 14.0. The standard InChI is InChI=1S/C12H11BrN2O3S/c1-6-10(11(16)17)15-12(19-6)14-7-3-4-9(18-2)8(13)5-7/h3-5H,1-2H3,(H,14,15)(H,16,17). The van der Waals surface area contributed by atoms with Gasteiger partial charge in [0.2, 0.25) is 0 Å². The summed E-state index contributed by atoms with van der Waals surface area (Å²) in [6, 6.07) is 5.49. The highest BCUT2D eigenvalue weighted by Gasteiger charge is 2.14. The molecule has 0 atom stereocenters. The number of thiazole rings is 1. The summed E-state index contributed by atoms with van der Waals surface area (Å²) < 4.78 is 5.95. The second-order valence-corrected chi connectivity index (χ2v) is 5.76. The maximum absolute atomic E-state index is 10.9.